The second-order valence-electron chi connectivity index (χ2n) is 7.19. The molecule has 3 aromatic rings. The Labute approximate surface area is 180 Å². The molecule has 1 heterocycles. The highest BCUT2D eigenvalue weighted by Gasteiger charge is 2.10. The zero-order chi connectivity index (χ0) is 22.4. The smallest absolute Gasteiger partial charge is 0.344 e. The zero-order valence-electron chi connectivity index (χ0n) is 17.6. The van der Waals surface area contributed by atoms with Crippen LogP contribution in [0.5, 0.6) is 5.75 Å². The van der Waals surface area contributed by atoms with Gasteiger partial charge in [0, 0.05) is 17.4 Å². The molecule has 0 unspecified atom stereocenters. The average Bonchev–Trinajstić information content (AvgIpc) is 2.76. The molecule has 0 bridgehead atoms. The van der Waals surface area contributed by atoms with Crippen molar-refractivity contribution in [1.29, 1.82) is 0 Å². The van der Waals surface area contributed by atoms with Crippen molar-refractivity contribution in [3.05, 3.63) is 76.7 Å². The van der Waals surface area contributed by atoms with Crippen LogP contribution in [-0.2, 0) is 20.7 Å². The van der Waals surface area contributed by atoms with Gasteiger partial charge in [-0.1, -0.05) is 37.8 Å². The van der Waals surface area contributed by atoms with E-state index in [0.717, 1.165) is 10.9 Å². The van der Waals surface area contributed by atoms with Crippen molar-refractivity contribution >= 4 is 22.9 Å². The molecule has 1 aromatic heterocycles. The Morgan fingerprint density at radius 1 is 1.06 bits per heavy atom. The molecule has 3 rings (SSSR count). The molecule has 0 aliphatic heterocycles. The maximum absolute atomic E-state index is 12.5. The van der Waals surface area contributed by atoms with Crippen LogP contribution in [0.1, 0.15) is 32.3 Å². The molecular formula is C25H24O6. The highest BCUT2D eigenvalue weighted by atomic mass is 16.5. The van der Waals surface area contributed by atoms with Gasteiger partial charge in [0.1, 0.15) is 11.3 Å². The normalized spacial score (nSPS) is 10.6. The molecular weight excluding hydrogens is 396 g/mol. The summed E-state index contributed by atoms with van der Waals surface area (Å²) in [5.41, 5.74) is 2.52. The molecule has 0 N–H and O–H groups in total. The number of aryl methyl sites for hydroxylation is 1. The van der Waals surface area contributed by atoms with Gasteiger partial charge in [0.2, 0.25) is 0 Å². The van der Waals surface area contributed by atoms with Gasteiger partial charge in [-0.25, -0.2) is 9.59 Å². The van der Waals surface area contributed by atoms with Gasteiger partial charge in [0.15, 0.2) is 0 Å². The number of benzene rings is 2. The van der Waals surface area contributed by atoms with Crippen LogP contribution in [0.3, 0.4) is 0 Å². The molecule has 0 atom stereocenters. The minimum absolute atomic E-state index is 0.289. The summed E-state index contributed by atoms with van der Waals surface area (Å²) in [7, 11) is 0. The van der Waals surface area contributed by atoms with Crippen molar-refractivity contribution in [2.45, 2.75) is 33.1 Å². The fourth-order valence-corrected chi connectivity index (χ4v) is 2.98. The summed E-state index contributed by atoms with van der Waals surface area (Å²) in [6, 6.07) is 14.2. The third kappa shape index (κ3) is 5.69. The standard InChI is InChI=1S/C25H24O6/c1-4-23(26)30-20-11-9-18(10-12-20)21-15-19-8-7-17(14-22(19)31-25(21)28)6-5-13-29-24(27)16(2)3/h7-12,14-15H,2,4-6,13H2,1,3H3. The van der Waals surface area contributed by atoms with Crippen LogP contribution in [0.15, 0.2) is 69.9 Å². The number of carbonyl (C=O) groups is 2. The Kier molecular flexibility index (Phi) is 7.03. The van der Waals surface area contributed by atoms with Crippen LogP contribution in [0.25, 0.3) is 22.1 Å². The molecule has 160 valence electrons. The quantitative estimate of drug-likeness (QED) is 0.171. The summed E-state index contributed by atoms with van der Waals surface area (Å²) in [4.78, 5) is 35.3. The van der Waals surface area contributed by atoms with E-state index in [1.165, 1.54) is 0 Å². The second kappa shape index (κ2) is 9.89. The van der Waals surface area contributed by atoms with Crippen molar-refractivity contribution in [3.8, 4) is 16.9 Å². The highest BCUT2D eigenvalue weighted by Crippen LogP contribution is 2.24. The SMILES string of the molecule is C=C(C)C(=O)OCCCc1ccc2cc(-c3ccc(OC(=O)CC)cc3)c(=O)oc2c1. The van der Waals surface area contributed by atoms with E-state index in [0.29, 0.717) is 47.5 Å². The first kappa shape index (κ1) is 22.0. The number of esters is 2. The fourth-order valence-electron chi connectivity index (χ4n) is 2.98. The number of carbonyl (C=O) groups excluding carboxylic acids is 2. The van der Waals surface area contributed by atoms with Crippen LogP contribution in [0, 0.1) is 0 Å². The summed E-state index contributed by atoms with van der Waals surface area (Å²) in [6.07, 6.45) is 1.63. The minimum Gasteiger partial charge on any atom is -0.462 e. The third-order valence-corrected chi connectivity index (χ3v) is 4.68. The van der Waals surface area contributed by atoms with Crippen LogP contribution in [0.2, 0.25) is 0 Å². The van der Waals surface area contributed by atoms with Gasteiger partial charge in [0.05, 0.1) is 12.2 Å². The largest absolute Gasteiger partial charge is 0.462 e. The van der Waals surface area contributed by atoms with Crippen LogP contribution < -0.4 is 10.4 Å². The van der Waals surface area contributed by atoms with Crippen LogP contribution >= 0.6 is 0 Å². The molecule has 0 aliphatic rings. The molecule has 6 heteroatoms. The Morgan fingerprint density at radius 2 is 1.81 bits per heavy atom. The van der Waals surface area contributed by atoms with Crippen LogP contribution in [-0.4, -0.2) is 18.5 Å². The summed E-state index contributed by atoms with van der Waals surface area (Å²) in [5, 5.41) is 0.800. The van der Waals surface area contributed by atoms with E-state index in [2.05, 4.69) is 6.58 Å². The molecule has 0 amide bonds. The predicted octanol–water partition coefficient (Wildman–Crippen LogP) is 4.83. The number of hydrogen-bond acceptors (Lipinski definition) is 6. The van der Waals surface area contributed by atoms with Gasteiger partial charge in [-0.15, -0.1) is 0 Å². The number of ether oxygens (including phenoxy) is 2. The monoisotopic (exact) mass is 420 g/mol. The number of hydrogen-bond donors (Lipinski definition) is 0. The topological polar surface area (TPSA) is 82.8 Å². The van der Waals surface area contributed by atoms with E-state index in [-0.39, 0.29) is 12.4 Å². The lowest BCUT2D eigenvalue weighted by atomic mass is 10.0. The lowest BCUT2D eigenvalue weighted by Gasteiger charge is -2.07. The van der Waals surface area contributed by atoms with Gasteiger partial charge >= 0.3 is 17.6 Å². The summed E-state index contributed by atoms with van der Waals surface area (Å²) >= 11 is 0. The first-order chi connectivity index (χ1) is 14.9. The van der Waals surface area contributed by atoms with E-state index in [1.54, 1.807) is 44.2 Å². The van der Waals surface area contributed by atoms with Crippen molar-refractivity contribution in [1.82, 2.24) is 0 Å². The third-order valence-electron chi connectivity index (χ3n) is 4.68. The van der Waals surface area contributed by atoms with E-state index < -0.39 is 11.6 Å². The molecule has 0 radical (unpaired) electrons. The van der Waals surface area contributed by atoms with E-state index >= 15 is 0 Å². The van der Waals surface area contributed by atoms with E-state index in [9.17, 15) is 14.4 Å². The second-order valence-corrected chi connectivity index (χ2v) is 7.19. The molecule has 2 aromatic carbocycles. The van der Waals surface area contributed by atoms with Gasteiger partial charge in [-0.3, -0.25) is 4.79 Å². The van der Waals surface area contributed by atoms with Crippen molar-refractivity contribution in [3.63, 3.8) is 0 Å². The van der Waals surface area contributed by atoms with Crippen molar-refractivity contribution in [2.24, 2.45) is 0 Å². The van der Waals surface area contributed by atoms with Crippen LogP contribution in [0.4, 0.5) is 0 Å². The first-order valence-electron chi connectivity index (χ1n) is 10.1. The Morgan fingerprint density at radius 3 is 2.48 bits per heavy atom. The first-order valence-corrected chi connectivity index (χ1v) is 10.1. The summed E-state index contributed by atoms with van der Waals surface area (Å²) in [5.74, 6) is -0.282. The van der Waals surface area contributed by atoms with Crippen molar-refractivity contribution < 1.29 is 23.5 Å². The number of fused-ring (bicyclic) bond motifs is 1. The highest BCUT2D eigenvalue weighted by molar-refractivity contribution is 5.87. The van der Waals surface area contributed by atoms with Crippen molar-refractivity contribution in [2.75, 3.05) is 6.61 Å². The molecule has 0 saturated heterocycles. The lowest BCUT2D eigenvalue weighted by Crippen LogP contribution is -2.07. The summed E-state index contributed by atoms with van der Waals surface area (Å²) < 4.78 is 15.8. The maximum Gasteiger partial charge on any atom is 0.344 e. The average molecular weight is 420 g/mol. The molecule has 0 aliphatic carbocycles. The van der Waals surface area contributed by atoms with Gasteiger partial charge in [-0.05, 0) is 55.2 Å². The molecule has 31 heavy (non-hydrogen) atoms. The van der Waals surface area contributed by atoms with E-state index in [4.69, 9.17) is 13.9 Å². The minimum atomic E-state index is -0.446. The fraction of sp³-hybridized carbons (Fsp3) is 0.240. The van der Waals surface area contributed by atoms with E-state index in [1.807, 2.05) is 18.2 Å². The molecule has 0 fully saturated rings. The Hall–Kier alpha value is -3.67. The Balaban J connectivity index is 1.73. The Bertz CT molecular complexity index is 1170. The number of rotatable bonds is 8. The molecule has 0 spiro atoms. The predicted molar refractivity (Wildman–Crippen MR) is 118 cm³/mol. The zero-order valence-corrected chi connectivity index (χ0v) is 17.6. The van der Waals surface area contributed by atoms with Gasteiger partial charge in [0.25, 0.3) is 0 Å². The lowest BCUT2D eigenvalue weighted by molar-refractivity contribution is -0.139. The molecule has 6 nitrogen and oxygen atoms in total. The van der Waals surface area contributed by atoms with Gasteiger partial charge < -0.3 is 13.9 Å². The maximum atomic E-state index is 12.5. The molecule has 0 saturated carbocycles. The summed E-state index contributed by atoms with van der Waals surface area (Å²) in [6.45, 7) is 7.18. The van der Waals surface area contributed by atoms with Gasteiger partial charge in [-0.2, -0.15) is 0 Å².